The molecule has 6 heterocycles. The Morgan fingerprint density at radius 3 is 1.27 bits per heavy atom. The zero-order valence-electron chi connectivity index (χ0n) is 24.2. The van der Waals surface area contributed by atoms with E-state index in [4.69, 9.17) is 8.83 Å². The third-order valence-electron chi connectivity index (χ3n) is 8.45. The molecule has 0 N–H and O–H groups in total. The highest BCUT2D eigenvalue weighted by atomic mass is 32.1. The first-order valence-corrected chi connectivity index (χ1v) is 18.0. The van der Waals surface area contributed by atoms with E-state index in [0.29, 0.717) is 31.7 Å². The fraction of sp³-hybridized carbons (Fsp3) is 0. The monoisotopic (exact) mass is 708 g/mol. The average molecular weight is 709 g/mol. The summed E-state index contributed by atoms with van der Waals surface area (Å²) in [4.78, 5) is 3.43. The first-order chi connectivity index (χ1) is 23.4. The molecule has 0 radical (unpaired) electrons. The van der Waals surface area contributed by atoms with Gasteiger partial charge in [-0.2, -0.15) is 0 Å². The van der Waals surface area contributed by atoms with Crippen LogP contribution in [0.4, 0.5) is 17.6 Å². The molecule has 48 heavy (non-hydrogen) atoms. The van der Waals surface area contributed by atoms with Crippen LogP contribution in [0.1, 0.15) is 0 Å². The summed E-state index contributed by atoms with van der Waals surface area (Å²) >= 11 is 5.44. The van der Waals surface area contributed by atoms with Crippen LogP contribution in [0.5, 0.6) is 0 Å². The molecule has 0 aliphatic heterocycles. The molecule has 0 atom stereocenters. The lowest BCUT2D eigenvalue weighted by Gasteiger charge is -1.99. The third kappa shape index (κ3) is 4.26. The molecule has 0 aliphatic carbocycles. The number of hydrogen-bond donors (Lipinski definition) is 0. The largest absolute Gasteiger partial charge is 0.452 e. The Balaban J connectivity index is 1.01. The molecule has 4 aromatic carbocycles. The minimum Gasteiger partial charge on any atom is -0.452 e. The summed E-state index contributed by atoms with van der Waals surface area (Å²) in [7, 11) is 0. The standard InChI is InChI=1S/C38H16F4O2S4/c39-23-15-31(47-37(23)35-33(41)21-5-1-3-7-25(21)43-35)29-13-19-9-17-12-28-20(10-18(17)11-27(19)45-29)14-30(46-28)32-16-24(40)38(48-32)36-34(42)22-6-2-4-8-26(22)44-36/h1-16H. The lowest BCUT2D eigenvalue weighted by atomic mass is 10.1. The highest BCUT2D eigenvalue weighted by Gasteiger charge is 2.24. The number of benzene rings is 4. The van der Waals surface area contributed by atoms with Crippen molar-refractivity contribution in [3.63, 3.8) is 0 Å². The highest BCUT2D eigenvalue weighted by molar-refractivity contribution is 7.27. The molecule has 0 spiro atoms. The maximum Gasteiger partial charge on any atom is 0.184 e. The second-order valence-electron chi connectivity index (χ2n) is 11.4. The van der Waals surface area contributed by atoms with Gasteiger partial charge in [0, 0.05) is 28.9 Å². The molecule has 0 bridgehead atoms. The first-order valence-electron chi connectivity index (χ1n) is 14.7. The summed E-state index contributed by atoms with van der Waals surface area (Å²) in [6.07, 6.45) is 0. The average Bonchev–Trinajstić information content (AvgIpc) is 3.93. The van der Waals surface area contributed by atoms with Gasteiger partial charge in [-0.05, 0) is 94.3 Å². The van der Waals surface area contributed by atoms with Gasteiger partial charge in [-0.1, -0.05) is 24.3 Å². The minimum atomic E-state index is -0.562. The predicted molar refractivity (Wildman–Crippen MR) is 192 cm³/mol. The molecule has 232 valence electrons. The molecule has 0 unspecified atom stereocenters. The van der Waals surface area contributed by atoms with Crippen molar-refractivity contribution in [3.8, 4) is 40.8 Å². The van der Waals surface area contributed by atoms with E-state index in [9.17, 15) is 0 Å². The maximum atomic E-state index is 15.2. The van der Waals surface area contributed by atoms with Crippen LogP contribution in [0.15, 0.2) is 106 Å². The Morgan fingerprint density at radius 2 is 0.833 bits per heavy atom. The number of thiophene rings is 4. The second kappa shape index (κ2) is 10.4. The zero-order chi connectivity index (χ0) is 32.3. The van der Waals surface area contributed by atoms with Gasteiger partial charge >= 0.3 is 0 Å². The summed E-state index contributed by atoms with van der Waals surface area (Å²) in [6, 6.07) is 28.9. The molecule has 0 saturated carbocycles. The second-order valence-corrected chi connectivity index (χ2v) is 15.7. The molecule has 10 aromatic rings. The Labute approximate surface area is 284 Å². The Bertz CT molecular complexity index is 2650. The van der Waals surface area contributed by atoms with Crippen molar-refractivity contribution in [2.45, 2.75) is 0 Å². The molecular formula is C38H16F4O2S4. The van der Waals surface area contributed by atoms with E-state index >= 15 is 17.6 Å². The number of hydrogen-bond acceptors (Lipinski definition) is 6. The van der Waals surface area contributed by atoms with Crippen molar-refractivity contribution in [1.82, 2.24) is 0 Å². The van der Waals surface area contributed by atoms with Crippen LogP contribution >= 0.6 is 45.3 Å². The van der Waals surface area contributed by atoms with Gasteiger partial charge in [-0.3, -0.25) is 0 Å². The van der Waals surface area contributed by atoms with Crippen LogP contribution in [0.2, 0.25) is 0 Å². The van der Waals surface area contributed by atoms with E-state index in [2.05, 4.69) is 24.3 Å². The van der Waals surface area contributed by atoms with Crippen LogP contribution in [0, 0.1) is 23.3 Å². The summed E-state index contributed by atoms with van der Waals surface area (Å²) in [5, 5.41) is 4.76. The van der Waals surface area contributed by atoms with Gasteiger partial charge in [0.15, 0.2) is 23.2 Å². The zero-order valence-corrected chi connectivity index (χ0v) is 27.5. The lowest BCUT2D eigenvalue weighted by molar-refractivity contribution is 0.565. The van der Waals surface area contributed by atoms with Crippen molar-refractivity contribution in [2.24, 2.45) is 0 Å². The topological polar surface area (TPSA) is 26.3 Å². The summed E-state index contributed by atoms with van der Waals surface area (Å²) in [6.45, 7) is 0. The van der Waals surface area contributed by atoms with E-state index in [1.165, 1.54) is 34.8 Å². The molecule has 0 amide bonds. The molecular weight excluding hydrogens is 693 g/mol. The minimum absolute atomic E-state index is 0.0839. The molecule has 10 heteroatoms. The SMILES string of the molecule is Fc1cc(-c2cc3cc4cc5sc(-c6cc(F)c(-c7oc8ccccc8c7F)s6)cc5cc4cc3s2)sc1-c1oc2ccccc2c1F. The number of furan rings is 2. The van der Waals surface area contributed by atoms with Crippen molar-refractivity contribution in [2.75, 3.05) is 0 Å². The number of fused-ring (bicyclic) bond motifs is 5. The molecule has 0 saturated heterocycles. The quantitative estimate of drug-likeness (QED) is 0.170. The Hall–Kier alpha value is -4.74. The lowest BCUT2D eigenvalue weighted by Crippen LogP contribution is -1.76. The fourth-order valence-corrected chi connectivity index (χ4v) is 10.5. The normalized spacial score (nSPS) is 12.2. The van der Waals surface area contributed by atoms with E-state index in [0.717, 1.165) is 40.7 Å². The van der Waals surface area contributed by atoms with Crippen molar-refractivity contribution in [1.29, 1.82) is 0 Å². The van der Waals surface area contributed by atoms with Crippen LogP contribution in [0.25, 0.3) is 93.7 Å². The van der Waals surface area contributed by atoms with Crippen LogP contribution < -0.4 is 0 Å². The summed E-state index contributed by atoms with van der Waals surface area (Å²) in [5.74, 6) is -2.33. The van der Waals surface area contributed by atoms with Crippen molar-refractivity contribution >= 4 is 98.2 Å². The van der Waals surface area contributed by atoms with Crippen LogP contribution in [-0.4, -0.2) is 0 Å². The van der Waals surface area contributed by atoms with Gasteiger partial charge < -0.3 is 8.83 Å². The molecule has 0 aliphatic rings. The highest BCUT2D eigenvalue weighted by Crippen LogP contribution is 2.47. The number of halogens is 4. The van der Waals surface area contributed by atoms with Crippen LogP contribution in [-0.2, 0) is 0 Å². The van der Waals surface area contributed by atoms with E-state index in [-0.39, 0.29) is 21.3 Å². The van der Waals surface area contributed by atoms with Crippen molar-refractivity contribution < 1.29 is 26.4 Å². The third-order valence-corrected chi connectivity index (χ3v) is 13.3. The molecule has 2 nitrogen and oxygen atoms in total. The smallest absolute Gasteiger partial charge is 0.184 e. The summed E-state index contributed by atoms with van der Waals surface area (Å²) < 4.78 is 74.0. The Morgan fingerprint density at radius 1 is 0.417 bits per heavy atom. The van der Waals surface area contributed by atoms with E-state index in [1.54, 1.807) is 71.2 Å². The van der Waals surface area contributed by atoms with Gasteiger partial charge in [0.2, 0.25) is 0 Å². The molecule has 10 rings (SSSR count). The summed E-state index contributed by atoms with van der Waals surface area (Å²) in [5.41, 5.74) is 0.760. The molecule has 6 aromatic heterocycles. The molecule has 0 fully saturated rings. The van der Waals surface area contributed by atoms with E-state index in [1.807, 2.05) is 12.1 Å². The predicted octanol–water partition coefficient (Wildman–Crippen LogP) is 14.1. The maximum absolute atomic E-state index is 15.2. The fourth-order valence-electron chi connectivity index (χ4n) is 6.18. The van der Waals surface area contributed by atoms with Gasteiger partial charge in [0.1, 0.15) is 32.6 Å². The number of rotatable bonds is 4. The van der Waals surface area contributed by atoms with Gasteiger partial charge in [-0.15, -0.1) is 45.3 Å². The first kappa shape index (κ1) is 28.3. The van der Waals surface area contributed by atoms with Gasteiger partial charge in [-0.25, -0.2) is 17.6 Å². The van der Waals surface area contributed by atoms with E-state index < -0.39 is 23.3 Å². The van der Waals surface area contributed by atoms with Crippen molar-refractivity contribution in [3.05, 3.63) is 120 Å². The number of para-hydroxylation sites is 2. The van der Waals surface area contributed by atoms with Gasteiger partial charge in [0.25, 0.3) is 0 Å². The van der Waals surface area contributed by atoms with Crippen LogP contribution in [0.3, 0.4) is 0 Å². The Kier molecular flexibility index (Phi) is 6.12. The van der Waals surface area contributed by atoms with Gasteiger partial charge in [0.05, 0.1) is 10.8 Å².